The van der Waals surface area contributed by atoms with E-state index in [4.69, 9.17) is 0 Å². The zero-order valence-corrected chi connectivity index (χ0v) is 13.1. The van der Waals surface area contributed by atoms with E-state index in [-0.39, 0.29) is 0 Å². The van der Waals surface area contributed by atoms with Gasteiger partial charge >= 0.3 is 0 Å². The molecule has 1 fully saturated rings. The van der Waals surface area contributed by atoms with Crippen LogP contribution < -0.4 is 5.32 Å². The van der Waals surface area contributed by atoms with E-state index in [1.807, 2.05) is 5.51 Å². The van der Waals surface area contributed by atoms with Crippen molar-refractivity contribution in [2.75, 3.05) is 19.6 Å². The van der Waals surface area contributed by atoms with E-state index in [0.717, 1.165) is 13.1 Å². The summed E-state index contributed by atoms with van der Waals surface area (Å²) in [6.07, 6.45) is 4.84. The number of hydrogen-bond donors (Lipinski definition) is 1. The summed E-state index contributed by atoms with van der Waals surface area (Å²) in [4.78, 5) is 8.22. The lowest BCUT2D eigenvalue weighted by Gasteiger charge is -2.31. The number of aromatic nitrogens is 1. The Balaban J connectivity index is 1.69. The molecular weight excluding hydrogens is 254 g/mol. The highest BCUT2D eigenvalue weighted by atomic mass is 32.1. The Hall–Kier alpha value is -0.710. The number of piperidine rings is 1. The lowest BCUT2D eigenvalue weighted by molar-refractivity contribution is 0.214. The quantitative estimate of drug-likeness (QED) is 0.840. The molecule has 0 aromatic carbocycles. The van der Waals surface area contributed by atoms with Crippen molar-refractivity contribution < 1.29 is 0 Å². The Kier molecular flexibility index (Phi) is 5.55. The lowest BCUT2D eigenvalue weighted by atomic mass is 10.0. The number of allylic oxidation sites excluding steroid dienone is 1. The maximum absolute atomic E-state index is 4.30. The molecule has 0 amide bonds. The first kappa shape index (κ1) is 14.7. The van der Waals surface area contributed by atoms with Crippen molar-refractivity contribution in [2.45, 2.75) is 46.2 Å². The third-order valence-corrected chi connectivity index (χ3v) is 4.68. The van der Waals surface area contributed by atoms with Gasteiger partial charge in [-0.05, 0) is 46.7 Å². The highest BCUT2D eigenvalue weighted by molar-refractivity contribution is 7.09. The van der Waals surface area contributed by atoms with Crippen molar-refractivity contribution in [3.8, 4) is 0 Å². The van der Waals surface area contributed by atoms with Crippen LogP contribution in [0, 0.1) is 6.92 Å². The van der Waals surface area contributed by atoms with Gasteiger partial charge < -0.3 is 5.32 Å². The Labute approximate surface area is 120 Å². The number of hydrogen-bond acceptors (Lipinski definition) is 4. The highest BCUT2D eigenvalue weighted by Gasteiger charge is 2.18. The highest BCUT2D eigenvalue weighted by Crippen LogP contribution is 2.15. The molecule has 0 bridgehead atoms. The summed E-state index contributed by atoms with van der Waals surface area (Å²) in [5, 5.41) is 3.68. The van der Waals surface area contributed by atoms with E-state index in [0.29, 0.717) is 6.04 Å². The molecule has 1 aromatic rings. The number of thiazole rings is 1. The Morgan fingerprint density at radius 2 is 2.21 bits per heavy atom. The molecule has 1 aliphatic heterocycles. The number of aryl methyl sites for hydroxylation is 1. The molecule has 19 heavy (non-hydrogen) atoms. The van der Waals surface area contributed by atoms with Crippen LogP contribution in [0.3, 0.4) is 0 Å². The topological polar surface area (TPSA) is 28.2 Å². The third kappa shape index (κ3) is 4.71. The monoisotopic (exact) mass is 279 g/mol. The van der Waals surface area contributed by atoms with Crippen molar-refractivity contribution >= 4 is 11.3 Å². The second-order valence-electron chi connectivity index (χ2n) is 5.60. The van der Waals surface area contributed by atoms with Gasteiger partial charge in [-0.1, -0.05) is 11.6 Å². The molecule has 1 N–H and O–H groups in total. The van der Waals surface area contributed by atoms with Gasteiger partial charge in [-0.3, -0.25) is 4.90 Å². The minimum atomic E-state index is 0.671. The molecule has 0 radical (unpaired) electrons. The molecule has 1 saturated heterocycles. The second kappa shape index (κ2) is 7.17. The molecule has 3 nitrogen and oxygen atoms in total. The van der Waals surface area contributed by atoms with Crippen LogP contribution in [0.1, 0.15) is 37.3 Å². The van der Waals surface area contributed by atoms with Gasteiger partial charge in [0.25, 0.3) is 0 Å². The molecule has 1 aliphatic rings. The summed E-state index contributed by atoms with van der Waals surface area (Å²) < 4.78 is 0. The second-order valence-corrected chi connectivity index (χ2v) is 6.54. The van der Waals surface area contributed by atoms with Crippen LogP contribution in [0.4, 0.5) is 0 Å². The number of rotatable bonds is 5. The smallest absolute Gasteiger partial charge is 0.0798 e. The van der Waals surface area contributed by atoms with Crippen LogP contribution in [0.25, 0.3) is 0 Å². The SMILES string of the molecule is CC(C)=CCN1CCC(NCc2scnc2C)CC1. The van der Waals surface area contributed by atoms with Crippen LogP contribution in [-0.2, 0) is 6.54 Å². The fourth-order valence-electron chi connectivity index (χ4n) is 2.36. The summed E-state index contributed by atoms with van der Waals surface area (Å²) in [6, 6.07) is 0.671. The van der Waals surface area contributed by atoms with Gasteiger partial charge in [-0.15, -0.1) is 11.3 Å². The van der Waals surface area contributed by atoms with Gasteiger partial charge in [0, 0.05) is 24.0 Å². The number of nitrogens with one attached hydrogen (secondary N) is 1. The van der Waals surface area contributed by atoms with E-state index < -0.39 is 0 Å². The summed E-state index contributed by atoms with van der Waals surface area (Å²) in [7, 11) is 0. The van der Waals surface area contributed by atoms with Gasteiger partial charge in [0.15, 0.2) is 0 Å². The summed E-state index contributed by atoms with van der Waals surface area (Å²) in [5.74, 6) is 0. The molecule has 106 valence electrons. The maximum Gasteiger partial charge on any atom is 0.0798 e. The number of likely N-dealkylation sites (tertiary alicyclic amines) is 1. The fraction of sp³-hybridized carbons (Fsp3) is 0.667. The van der Waals surface area contributed by atoms with Crippen molar-refractivity contribution in [1.29, 1.82) is 0 Å². The standard InChI is InChI=1S/C15H25N3S/c1-12(2)4-7-18-8-5-14(6-9-18)16-10-15-13(3)17-11-19-15/h4,11,14,16H,5-10H2,1-3H3. The first-order valence-corrected chi connectivity index (χ1v) is 8.01. The van der Waals surface area contributed by atoms with Crippen LogP contribution in [0.5, 0.6) is 0 Å². The minimum absolute atomic E-state index is 0.671. The van der Waals surface area contributed by atoms with Crippen LogP contribution in [0.15, 0.2) is 17.2 Å². The van der Waals surface area contributed by atoms with Crippen LogP contribution in [0.2, 0.25) is 0 Å². The summed E-state index contributed by atoms with van der Waals surface area (Å²) in [6.45, 7) is 11.0. The van der Waals surface area contributed by atoms with Crippen molar-refractivity contribution in [3.05, 3.63) is 27.7 Å². The molecule has 2 rings (SSSR count). The molecule has 1 aromatic heterocycles. The molecule has 2 heterocycles. The van der Waals surface area contributed by atoms with Gasteiger partial charge in [-0.25, -0.2) is 4.98 Å². The van der Waals surface area contributed by atoms with E-state index in [1.54, 1.807) is 11.3 Å². The van der Waals surface area contributed by atoms with Crippen LogP contribution >= 0.6 is 11.3 Å². The van der Waals surface area contributed by atoms with Gasteiger partial charge in [0.05, 0.1) is 11.2 Å². The lowest BCUT2D eigenvalue weighted by Crippen LogP contribution is -2.42. The first-order valence-electron chi connectivity index (χ1n) is 7.13. The minimum Gasteiger partial charge on any atom is -0.309 e. The normalized spacial score (nSPS) is 17.6. The Morgan fingerprint density at radius 1 is 1.47 bits per heavy atom. The third-order valence-electron chi connectivity index (χ3n) is 3.74. The predicted octanol–water partition coefficient (Wildman–Crippen LogP) is 2.97. The first-order chi connectivity index (χ1) is 9.15. The Bertz CT molecular complexity index is 413. The average Bonchev–Trinajstić information content (AvgIpc) is 2.81. The average molecular weight is 279 g/mol. The summed E-state index contributed by atoms with van der Waals surface area (Å²) >= 11 is 1.76. The molecule has 0 saturated carbocycles. The molecule has 0 aliphatic carbocycles. The largest absolute Gasteiger partial charge is 0.309 e. The molecule has 0 spiro atoms. The molecule has 4 heteroatoms. The van der Waals surface area contributed by atoms with Crippen LogP contribution in [-0.4, -0.2) is 35.6 Å². The molecular formula is C15H25N3S. The van der Waals surface area contributed by atoms with Gasteiger partial charge in [-0.2, -0.15) is 0 Å². The van der Waals surface area contributed by atoms with E-state index >= 15 is 0 Å². The van der Waals surface area contributed by atoms with E-state index in [9.17, 15) is 0 Å². The van der Waals surface area contributed by atoms with Gasteiger partial charge in [0.2, 0.25) is 0 Å². The maximum atomic E-state index is 4.30. The van der Waals surface area contributed by atoms with E-state index in [1.165, 1.54) is 42.1 Å². The van der Waals surface area contributed by atoms with Crippen molar-refractivity contribution in [2.24, 2.45) is 0 Å². The Morgan fingerprint density at radius 3 is 2.79 bits per heavy atom. The zero-order chi connectivity index (χ0) is 13.7. The van der Waals surface area contributed by atoms with Crippen molar-refractivity contribution in [1.82, 2.24) is 15.2 Å². The summed E-state index contributed by atoms with van der Waals surface area (Å²) in [5.41, 5.74) is 4.54. The fourth-order valence-corrected chi connectivity index (χ4v) is 3.09. The molecule has 0 atom stereocenters. The zero-order valence-electron chi connectivity index (χ0n) is 12.3. The van der Waals surface area contributed by atoms with Gasteiger partial charge in [0.1, 0.15) is 0 Å². The predicted molar refractivity (Wildman–Crippen MR) is 82.6 cm³/mol. The van der Waals surface area contributed by atoms with Crippen molar-refractivity contribution in [3.63, 3.8) is 0 Å². The van der Waals surface area contributed by atoms with E-state index in [2.05, 4.69) is 42.0 Å². The number of nitrogens with zero attached hydrogens (tertiary/aromatic N) is 2. The molecule has 0 unspecified atom stereocenters.